The van der Waals surface area contributed by atoms with E-state index in [2.05, 4.69) is 20.4 Å². The summed E-state index contributed by atoms with van der Waals surface area (Å²) in [7, 11) is -0.192. The van der Waals surface area contributed by atoms with Crippen LogP contribution in [0.15, 0.2) is 88.7 Å². The van der Waals surface area contributed by atoms with Crippen molar-refractivity contribution in [2.45, 2.75) is 16.3 Å². The van der Waals surface area contributed by atoms with Crippen molar-refractivity contribution in [3.63, 3.8) is 0 Å². The largest absolute Gasteiger partial charge is 0.453 e. The molecule has 4 rings (SSSR count). The molecule has 4 aromatic rings. The molecule has 2 N–H and O–H groups in total. The molecule has 0 aliphatic heterocycles. The molecule has 0 fully saturated rings. The summed E-state index contributed by atoms with van der Waals surface area (Å²) in [4.78, 5) is 30.3. The summed E-state index contributed by atoms with van der Waals surface area (Å²) in [6.07, 6.45) is -0.759. The quantitative estimate of drug-likeness (QED) is 0.478. The van der Waals surface area contributed by atoms with Gasteiger partial charge in [0.15, 0.2) is 0 Å². The molecule has 0 bridgehead atoms. The molecule has 1 atom stereocenters. The van der Waals surface area contributed by atoms with E-state index in [9.17, 15) is 13.8 Å². The first-order valence-corrected chi connectivity index (χ1v) is 10.9. The molecule has 0 aliphatic carbocycles. The Hall–Kier alpha value is -3.98. The normalized spacial score (nSPS) is 11.7. The Balaban J connectivity index is 1.69. The fraction of sp³-hybridized carbons (Fsp3) is 0.0870. The molecule has 1 unspecified atom stereocenters. The van der Waals surface area contributed by atoms with Gasteiger partial charge in [-0.2, -0.15) is 0 Å². The van der Waals surface area contributed by atoms with Crippen molar-refractivity contribution in [3.05, 3.63) is 84.4 Å². The van der Waals surface area contributed by atoms with Crippen LogP contribution in [0.3, 0.4) is 0 Å². The molecule has 9 heteroatoms. The maximum Gasteiger partial charge on any atom is 0.413 e. The van der Waals surface area contributed by atoms with Gasteiger partial charge in [-0.05, 0) is 35.9 Å². The maximum absolute atomic E-state index is 13.0. The number of aromatic nitrogens is 2. The van der Waals surface area contributed by atoms with Gasteiger partial charge in [-0.25, -0.2) is 23.3 Å². The van der Waals surface area contributed by atoms with E-state index >= 15 is 0 Å². The number of benzene rings is 3. The minimum atomic E-state index is -1.41. The molecule has 0 saturated carbocycles. The molecule has 0 aliphatic rings. The summed E-state index contributed by atoms with van der Waals surface area (Å²) >= 11 is 0. The first-order valence-electron chi connectivity index (χ1n) is 9.73. The maximum atomic E-state index is 13.0. The van der Waals surface area contributed by atoms with Crippen LogP contribution in [-0.2, 0) is 22.1 Å². The molecule has 1 aromatic heterocycles. The van der Waals surface area contributed by atoms with Gasteiger partial charge < -0.3 is 10.1 Å². The first kappa shape index (κ1) is 21.3. The van der Waals surface area contributed by atoms with Crippen molar-refractivity contribution in [1.29, 1.82) is 0 Å². The highest BCUT2D eigenvalue weighted by molar-refractivity contribution is 7.85. The predicted molar refractivity (Wildman–Crippen MR) is 121 cm³/mol. The van der Waals surface area contributed by atoms with Crippen molar-refractivity contribution in [1.82, 2.24) is 14.9 Å². The molecular weight excluding hydrogens is 428 g/mol. The first-order chi connectivity index (χ1) is 15.6. The third-order valence-electron chi connectivity index (χ3n) is 4.69. The van der Waals surface area contributed by atoms with Crippen LogP contribution in [0.25, 0.3) is 11.0 Å². The predicted octanol–water partition coefficient (Wildman–Crippen LogP) is 4.14. The van der Waals surface area contributed by atoms with E-state index < -0.39 is 22.9 Å². The van der Waals surface area contributed by atoms with Crippen molar-refractivity contribution in [2.75, 3.05) is 12.4 Å². The molecule has 1 heterocycles. The van der Waals surface area contributed by atoms with Gasteiger partial charge in [0.2, 0.25) is 5.95 Å². The van der Waals surface area contributed by atoms with Crippen LogP contribution in [0.1, 0.15) is 5.56 Å². The second kappa shape index (κ2) is 9.44. The topological polar surface area (TPSA) is 102 Å². The number of hydrogen-bond acceptors (Lipinski definition) is 5. The van der Waals surface area contributed by atoms with Gasteiger partial charge in [0.25, 0.3) is 0 Å². The zero-order valence-electron chi connectivity index (χ0n) is 17.1. The van der Waals surface area contributed by atoms with Gasteiger partial charge in [0.05, 0.1) is 28.9 Å². The average Bonchev–Trinajstić information content (AvgIpc) is 3.20. The highest BCUT2D eigenvalue weighted by Crippen LogP contribution is 2.25. The van der Waals surface area contributed by atoms with Gasteiger partial charge in [-0.3, -0.25) is 5.32 Å². The monoisotopic (exact) mass is 448 g/mol. The summed E-state index contributed by atoms with van der Waals surface area (Å²) in [6.45, 7) is 0.299. The molecule has 8 nitrogen and oxygen atoms in total. The molecule has 0 saturated heterocycles. The average molecular weight is 449 g/mol. The van der Waals surface area contributed by atoms with Gasteiger partial charge in [0.1, 0.15) is 0 Å². The Morgan fingerprint density at radius 2 is 1.66 bits per heavy atom. The third-order valence-corrected chi connectivity index (χ3v) is 6.07. The molecule has 3 aromatic carbocycles. The number of fused-ring (bicyclic) bond motifs is 1. The van der Waals surface area contributed by atoms with Crippen LogP contribution in [0, 0.1) is 0 Å². The number of nitrogens with one attached hydrogen (secondary N) is 2. The van der Waals surface area contributed by atoms with Crippen LogP contribution < -0.4 is 10.6 Å². The fourth-order valence-electron chi connectivity index (χ4n) is 3.14. The molecule has 32 heavy (non-hydrogen) atoms. The number of anilines is 1. The smallest absolute Gasteiger partial charge is 0.413 e. The van der Waals surface area contributed by atoms with Crippen LogP contribution >= 0.6 is 0 Å². The SMILES string of the molecule is COC(=O)Nc1nc2cc(S(=O)c3ccccc3)ccc2n1C(=O)NCc1ccccc1. The summed E-state index contributed by atoms with van der Waals surface area (Å²) in [5.41, 5.74) is 1.79. The Kier molecular flexibility index (Phi) is 6.27. The van der Waals surface area contributed by atoms with Gasteiger partial charge in [0, 0.05) is 16.3 Å². The zero-order chi connectivity index (χ0) is 22.5. The molecule has 162 valence electrons. The van der Waals surface area contributed by atoms with Crippen molar-refractivity contribution in [3.8, 4) is 0 Å². The fourth-order valence-corrected chi connectivity index (χ4v) is 4.23. The van der Waals surface area contributed by atoms with Crippen molar-refractivity contribution >= 4 is 39.9 Å². The lowest BCUT2D eigenvalue weighted by Crippen LogP contribution is -2.30. The highest BCUT2D eigenvalue weighted by Gasteiger charge is 2.20. The molecule has 2 amide bonds. The van der Waals surface area contributed by atoms with E-state index in [1.54, 1.807) is 30.3 Å². The van der Waals surface area contributed by atoms with Gasteiger partial charge in [-0.1, -0.05) is 48.5 Å². The van der Waals surface area contributed by atoms with E-state index in [-0.39, 0.29) is 5.95 Å². The lowest BCUT2D eigenvalue weighted by molar-refractivity contribution is 0.186. The van der Waals surface area contributed by atoms with E-state index in [1.807, 2.05) is 48.5 Å². The number of imidazole rings is 1. The number of carbonyl (C=O) groups excluding carboxylic acids is 2. The van der Waals surface area contributed by atoms with Gasteiger partial charge >= 0.3 is 12.1 Å². The number of amides is 2. The van der Waals surface area contributed by atoms with Gasteiger partial charge in [-0.15, -0.1) is 0 Å². The Morgan fingerprint density at radius 1 is 0.969 bits per heavy atom. The third kappa shape index (κ3) is 4.52. The Labute approximate surface area is 186 Å². The molecule has 0 spiro atoms. The van der Waals surface area contributed by atoms with Crippen molar-refractivity contribution < 1.29 is 18.5 Å². The van der Waals surface area contributed by atoms with Crippen molar-refractivity contribution in [2.24, 2.45) is 0 Å². The number of rotatable bonds is 5. The second-order valence-corrected chi connectivity index (χ2v) is 8.24. The Morgan fingerprint density at radius 3 is 2.34 bits per heavy atom. The minimum Gasteiger partial charge on any atom is -0.453 e. The van der Waals surface area contributed by atoms with E-state index in [1.165, 1.54) is 11.7 Å². The van der Waals surface area contributed by atoms with E-state index in [0.29, 0.717) is 27.4 Å². The van der Waals surface area contributed by atoms with E-state index in [0.717, 1.165) is 5.56 Å². The standard InChI is InChI=1S/C23H20N4O4S/c1-31-23(29)26-21-25-19-14-18(32(30)17-10-6-3-7-11-17)12-13-20(19)27(21)22(28)24-15-16-8-4-2-5-9-16/h2-14H,15H2,1H3,(H,24,28)(H,25,26,29). The summed E-state index contributed by atoms with van der Waals surface area (Å²) in [5.74, 6) is 0.0000510. The number of carbonyl (C=O) groups is 2. The summed E-state index contributed by atoms with van der Waals surface area (Å²) in [5, 5.41) is 5.28. The number of nitrogens with zero attached hydrogens (tertiary/aromatic N) is 2. The van der Waals surface area contributed by atoms with E-state index in [4.69, 9.17) is 0 Å². The Bertz CT molecular complexity index is 1290. The number of ether oxygens (including phenoxy) is 1. The lowest BCUT2D eigenvalue weighted by Gasteiger charge is -2.10. The second-order valence-electron chi connectivity index (χ2n) is 6.76. The van der Waals surface area contributed by atoms with Crippen LogP contribution in [0.2, 0.25) is 0 Å². The molecule has 0 radical (unpaired) electrons. The highest BCUT2D eigenvalue weighted by atomic mass is 32.2. The molecular formula is C23H20N4O4S. The summed E-state index contributed by atoms with van der Waals surface area (Å²) in [6, 6.07) is 23.0. The minimum absolute atomic E-state index is 0.0000510. The van der Waals surface area contributed by atoms with Crippen LogP contribution in [0.4, 0.5) is 15.5 Å². The number of hydrogen-bond donors (Lipinski definition) is 2. The lowest BCUT2D eigenvalue weighted by atomic mass is 10.2. The number of methoxy groups -OCH3 is 1. The van der Waals surface area contributed by atoms with Crippen LogP contribution in [0.5, 0.6) is 0 Å². The summed E-state index contributed by atoms with van der Waals surface area (Å²) < 4.78 is 18.8. The zero-order valence-corrected chi connectivity index (χ0v) is 18.0. The van der Waals surface area contributed by atoms with Crippen LogP contribution in [-0.4, -0.2) is 33.0 Å².